The van der Waals surface area contributed by atoms with Gasteiger partial charge in [-0.05, 0) is 43.0 Å². The number of nitrogens with one attached hydrogen (secondary N) is 1. The summed E-state index contributed by atoms with van der Waals surface area (Å²) < 4.78 is 18.2. The number of carbonyl (C=O) groups excluding carboxylic acids is 2. The number of hydrogen-bond acceptors (Lipinski definition) is 3. The van der Waals surface area contributed by atoms with E-state index in [0.29, 0.717) is 5.69 Å². The topological polar surface area (TPSA) is 55.4 Å². The predicted octanol–water partition coefficient (Wildman–Crippen LogP) is 1.96. The normalized spacial score (nSPS) is 37.0. The predicted molar refractivity (Wildman–Crippen MR) is 68.1 cm³/mol. The Kier molecular flexibility index (Phi) is 2.40. The van der Waals surface area contributed by atoms with Gasteiger partial charge in [-0.25, -0.2) is 4.39 Å². The zero-order valence-electron chi connectivity index (χ0n) is 10.7. The highest BCUT2D eigenvalue weighted by Crippen LogP contribution is 2.57. The molecule has 3 aliphatic rings. The second-order valence-electron chi connectivity index (χ2n) is 5.92. The van der Waals surface area contributed by atoms with E-state index in [-0.39, 0.29) is 47.5 Å². The summed E-state index contributed by atoms with van der Waals surface area (Å²) in [6, 6.07) is 5.65. The Hall–Kier alpha value is -1.91. The Balaban J connectivity index is 1.54. The first-order chi connectivity index (χ1) is 9.63. The molecule has 5 atom stereocenters. The van der Waals surface area contributed by atoms with Crippen molar-refractivity contribution in [3.8, 4) is 0 Å². The summed E-state index contributed by atoms with van der Waals surface area (Å²) in [5, 5.41) is 2.79. The third-order valence-corrected chi connectivity index (χ3v) is 4.90. The van der Waals surface area contributed by atoms with E-state index in [9.17, 15) is 14.0 Å². The molecule has 2 aliphatic carbocycles. The summed E-state index contributed by atoms with van der Waals surface area (Å²) in [5.41, 5.74) is 0.557. The molecule has 5 heteroatoms. The van der Waals surface area contributed by atoms with Crippen LogP contribution in [0.5, 0.6) is 0 Å². The summed E-state index contributed by atoms with van der Waals surface area (Å²) in [7, 11) is 0. The van der Waals surface area contributed by atoms with Gasteiger partial charge in [0, 0.05) is 11.6 Å². The molecule has 3 fully saturated rings. The van der Waals surface area contributed by atoms with Crippen molar-refractivity contribution in [2.24, 2.45) is 23.7 Å². The fraction of sp³-hybridized carbons (Fsp3) is 0.467. The van der Waals surface area contributed by atoms with E-state index in [0.717, 1.165) is 12.8 Å². The van der Waals surface area contributed by atoms with E-state index in [2.05, 4.69) is 5.32 Å². The number of hydrogen-bond donors (Lipinski definition) is 1. The number of benzene rings is 1. The Labute approximate surface area is 115 Å². The van der Waals surface area contributed by atoms with E-state index in [1.54, 1.807) is 0 Å². The molecule has 1 aliphatic heterocycles. The average Bonchev–Trinajstić information content (AvgIpc) is 3.02. The van der Waals surface area contributed by atoms with Crippen LogP contribution in [-0.4, -0.2) is 18.0 Å². The Bertz CT molecular complexity index is 583. The first kappa shape index (κ1) is 11.9. The molecule has 4 nitrogen and oxygen atoms in total. The fourth-order valence-corrected chi connectivity index (χ4v) is 4.12. The molecule has 20 heavy (non-hydrogen) atoms. The van der Waals surface area contributed by atoms with Crippen LogP contribution in [0.2, 0.25) is 0 Å². The third kappa shape index (κ3) is 1.58. The Morgan fingerprint density at radius 1 is 1.25 bits per heavy atom. The van der Waals surface area contributed by atoms with Gasteiger partial charge in [0.05, 0.1) is 11.8 Å². The SMILES string of the molecule is O=C(Nc1ccc(F)cc1)C1C2CC3OC(=O)C1C3C2. The smallest absolute Gasteiger partial charge is 0.310 e. The number of carbonyl (C=O) groups is 2. The summed E-state index contributed by atoms with van der Waals surface area (Å²) in [6.07, 6.45) is 1.74. The number of amides is 1. The minimum absolute atomic E-state index is 0.0346. The van der Waals surface area contributed by atoms with Gasteiger partial charge in [-0.2, -0.15) is 0 Å². The zero-order valence-corrected chi connectivity index (χ0v) is 10.7. The van der Waals surface area contributed by atoms with Crippen molar-refractivity contribution >= 4 is 17.6 Å². The zero-order chi connectivity index (χ0) is 13.9. The molecule has 0 spiro atoms. The molecule has 1 aromatic rings. The van der Waals surface area contributed by atoms with Crippen molar-refractivity contribution in [3.63, 3.8) is 0 Å². The van der Waals surface area contributed by atoms with Crippen LogP contribution in [-0.2, 0) is 14.3 Å². The largest absolute Gasteiger partial charge is 0.462 e. The lowest BCUT2D eigenvalue weighted by atomic mass is 9.79. The maximum absolute atomic E-state index is 12.8. The van der Waals surface area contributed by atoms with Crippen molar-refractivity contribution in [3.05, 3.63) is 30.1 Å². The van der Waals surface area contributed by atoms with Gasteiger partial charge in [-0.3, -0.25) is 9.59 Å². The summed E-state index contributed by atoms with van der Waals surface area (Å²) >= 11 is 0. The van der Waals surface area contributed by atoms with E-state index >= 15 is 0 Å². The standard InChI is InChI=1S/C15H14FNO3/c16-8-1-3-9(4-2-8)17-14(18)12-7-5-10-11(6-7)20-15(19)13(10)12/h1-4,7,10-13H,5-6H2,(H,17,18). The van der Waals surface area contributed by atoms with Gasteiger partial charge in [0.25, 0.3) is 0 Å². The molecule has 0 aromatic heterocycles. The van der Waals surface area contributed by atoms with Crippen molar-refractivity contribution in [2.45, 2.75) is 18.9 Å². The summed E-state index contributed by atoms with van der Waals surface area (Å²) in [6.45, 7) is 0. The molecule has 0 radical (unpaired) electrons. The molecule has 1 saturated heterocycles. The molecule has 104 valence electrons. The van der Waals surface area contributed by atoms with Crippen LogP contribution in [0.4, 0.5) is 10.1 Å². The second-order valence-corrected chi connectivity index (χ2v) is 5.92. The molecule has 4 rings (SSSR count). The number of rotatable bonds is 2. The van der Waals surface area contributed by atoms with Crippen LogP contribution in [0.3, 0.4) is 0 Å². The maximum atomic E-state index is 12.8. The number of halogens is 1. The molecular formula is C15H14FNO3. The number of ether oxygens (including phenoxy) is 1. The second kappa shape index (κ2) is 4.04. The van der Waals surface area contributed by atoms with Crippen LogP contribution >= 0.6 is 0 Å². The highest BCUT2D eigenvalue weighted by molar-refractivity contribution is 5.96. The lowest BCUT2D eigenvalue weighted by Gasteiger charge is -2.23. The summed E-state index contributed by atoms with van der Waals surface area (Å²) in [4.78, 5) is 24.3. The molecule has 5 unspecified atom stereocenters. The van der Waals surface area contributed by atoms with Gasteiger partial charge in [0.1, 0.15) is 11.9 Å². The molecule has 2 bridgehead atoms. The Morgan fingerprint density at radius 2 is 2.00 bits per heavy atom. The molecular weight excluding hydrogens is 261 g/mol. The average molecular weight is 275 g/mol. The summed E-state index contributed by atoms with van der Waals surface area (Å²) in [5.74, 6) is -0.829. The highest BCUT2D eigenvalue weighted by atomic mass is 19.1. The fourth-order valence-electron chi connectivity index (χ4n) is 4.12. The highest BCUT2D eigenvalue weighted by Gasteiger charge is 2.63. The van der Waals surface area contributed by atoms with Crippen LogP contribution in [0.25, 0.3) is 0 Å². The number of esters is 1. The first-order valence-corrected chi connectivity index (χ1v) is 6.90. The number of fused-ring (bicyclic) bond motifs is 1. The van der Waals surface area contributed by atoms with E-state index in [1.165, 1.54) is 24.3 Å². The van der Waals surface area contributed by atoms with Crippen molar-refractivity contribution < 1.29 is 18.7 Å². The van der Waals surface area contributed by atoms with Crippen molar-refractivity contribution in [1.29, 1.82) is 0 Å². The molecule has 2 saturated carbocycles. The van der Waals surface area contributed by atoms with E-state index in [1.807, 2.05) is 0 Å². The monoisotopic (exact) mass is 275 g/mol. The quantitative estimate of drug-likeness (QED) is 0.839. The lowest BCUT2D eigenvalue weighted by Crippen LogP contribution is -2.35. The maximum Gasteiger partial charge on any atom is 0.310 e. The van der Waals surface area contributed by atoms with Gasteiger partial charge in [-0.1, -0.05) is 0 Å². The molecule has 1 heterocycles. The van der Waals surface area contributed by atoms with Crippen LogP contribution in [0, 0.1) is 29.5 Å². The Morgan fingerprint density at radius 3 is 2.75 bits per heavy atom. The third-order valence-electron chi connectivity index (χ3n) is 4.90. The van der Waals surface area contributed by atoms with Crippen LogP contribution in [0.1, 0.15) is 12.8 Å². The van der Waals surface area contributed by atoms with Gasteiger partial charge in [0.2, 0.25) is 5.91 Å². The van der Waals surface area contributed by atoms with Gasteiger partial charge in [-0.15, -0.1) is 0 Å². The van der Waals surface area contributed by atoms with E-state index < -0.39 is 0 Å². The first-order valence-electron chi connectivity index (χ1n) is 6.90. The van der Waals surface area contributed by atoms with Gasteiger partial charge >= 0.3 is 5.97 Å². The van der Waals surface area contributed by atoms with Crippen LogP contribution in [0.15, 0.2) is 24.3 Å². The minimum atomic E-state index is -0.342. The minimum Gasteiger partial charge on any atom is -0.462 e. The van der Waals surface area contributed by atoms with Crippen molar-refractivity contribution in [2.75, 3.05) is 5.32 Å². The van der Waals surface area contributed by atoms with E-state index in [4.69, 9.17) is 4.74 Å². The molecule has 1 amide bonds. The van der Waals surface area contributed by atoms with Gasteiger partial charge in [0.15, 0.2) is 0 Å². The van der Waals surface area contributed by atoms with Crippen molar-refractivity contribution in [1.82, 2.24) is 0 Å². The van der Waals surface area contributed by atoms with Gasteiger partial charge < -0.3 is 10.1 Å². The number of anilines is 1. The molecule has 1 N–H and O–H groups in total. The van der Waals surface area contributed by atoms with Crippen LogP contribution < -0.4 is 5.32 Å². The lowest BCUT2D eigenvalue weighted by molar-refractivity contribution is -0.145. The molecule has 1 aromatic carbocycles.